The molecule has 0 radical (unpaired) electrons. The van der Waals surface area contributed by atoms with E-state index >= 15 is 0 Å². The van der Waals surface area contributed by atoms with Crippen LogP contribution in [0.2, 0.25) is 0 Å². The lowest BCUT2D eigenvalue weighted by Gasteiger charge is -2.20. The van der Waals surface area contributed by atoms with E-state index in [1.165, 1.54) is 61.9 Å². The molecule has 0 spiro atoms. The maximum atomic E-state index is 12.7. The van der Waals surface area contributed by atoms with Crippen LogP contribution in [0.4, 0.5) is 0 Å². The van der Waals surface area contributed by atoms with E-state index in [1.807, 2.05) is 0 Å². The lowest BCUT2D eigenvalue weighted by molar-refractivity contribution is -0.123. The first-order valence-corrected chi connectivity index (χ1v) is 12.1. The molecule has 2 aliphatic rings. The Morgan fingerprint density at radius 1 is 1.03 bits per heavy atom. The molecule has 3 heteroatoms. The fraction of sp³-hybridized carbons (Fsp3) is 0.593. The fourth-order valence-corrected chi connectivity index (χ4v) is 5.02. The van der Waals surface area contributed by atoms with E-state index in [0.717, 1.165) is 44.3 Å². The molecule has 1 saturated carbocycles. The number of benzene rings is 1. The van der Waals surface area contributed by atoms with Crippen molar-refractivity contribution in [2.45, 2.75) is 77.6 Å². The Bertz CT molecular complexity index is 737. The van der Waals surface area contributed by atoms with E-state index in [2.05, 4.69) is 48.2 Å². The summed E-state index contributed by atoms with van der Waals surface area (Å²) >= 11 is 0. The molecule has 0 bridgehead atoms. The average molecular weight is 409 g/mol. The van der Waals surface area contributed by atoms with Crippen molar-refractivity contribution in [1.29, 1.82) is 0 Å². The predicted octanol–water partition coefficient (Wildman–Crippen LogP) is 6.20. The fourth-order valence-electron chi connectivity index (χ4n) is 5.02. The van der Waals surface area contributed by atoms with Crippen molar-refractivity contribution in [3.8, 4) is 0 Å². The van der Waals surface area contributed by atoms with E-state index in [4.69, 9.17) is 5.73 Å². The van der Waals surface area contributed by atoms with E-state index < -0.39 is 0 Å². The molecule has 1 aliphatic carbocycles. The predicted molar refractivity (Wildman–Crippen MR) is 128 cm³/mol. The first kappa shape index (κ1) is 22.8. The van der Waals surface area contributed by atoms with Crippen LogP contribution in [0.3, 0.4) is 0 Å². The van der Waals surface area contributed by atoms with Gasteiger partial charge in [0, 0.05) is 18.0 Å². The molecule has 1 aromatic carbocycles. The molecule has 0 amide bonds. The summed E-state index contributed by atoms with van der Waals surface area (Å²) in [7, 11) is 0. The van der Waals surface area contributed by atoms with Crippen LogP contribution in [0.25, 0.3) is 11.6 Å². The molecule has 3 nitrogen and oxygen atoms in total. The number of likely N-dealkylation sites (tertiary alicyclic amines) is 1. The smallest absolute Gasteiger partial charge is 0.136 e. The van der Waals surface area contributed by atoms with Crippen molar-refractivity contribution >= 4 is 17.4 Å². The summed E-state index contributed by atoms with van der Waals surface area (Å²) in [5, 5.41) is 0. The van der Waals surface area contributed by atoms with Crippen molar-refractivity contribution in [1.82, 2.24) is 4.90 Å². The minimum absolute atomic E-state index is 0.304. The normalized spacial score (nSPS) is 19.4. The second kappa shape index (κ2) is 12.1. The van der Waals surface area contributed by atoms with Gasteiger partial charge in [0.05, 0.1) is 0 Å². The van der Waals surface area contributed by atoms with Gasteiger partial charge in [0.15, 0.2) is 0 Å². The third-order valence-corrected chi connectivity index (χ3v) is 6.84. The SMILES string of the molecule is C/C=C(/CCC(=O)C1CCCCC1)c1ccccc1/C=C(\N)CCCN1CCCC1. The Labute approximate surface area is 183 Å². The second-order valence-corrected chi connectivity index (χ2v) is 9.07. The summed E-state index contributed by atoms with van der Waals surface area (Å²) in [6.45, 7) is 5.73. The van der Waals surface area contributed by atoms with Crippen LogP contribution in [-0.2, 0) is 4.79 Å². The molecule has 0 unspecified atom stereocenters. The van der Waals surface area contributed by atoms with Crippen LogP contribution < -0.4 is 5.73 Å². The van der Waals surface area contributed by atoms with Crippen molar-refractivity contribution in [3.63, 3.8) is 0 Å². The highest BCUT2D eigenvalue weighted by Gasteiger charge is 2.21. The Kier molecular flexibility index (Phi) is 9.20. The van der Waals surface area contributed by atoms with Gasteiger partial charge in [-0.05, 0) is 94.3 Å². The monoisotopic (exact) mass is 408 g/mol. The summed E-state index contributed by atoms with van der Waals surface area (Å²) in [5.41, 5.74) is 11.0. The van der Waals surface area contributed by atoms with Crippen LogP contribution in [-0.4, -0.2) is 30.3 Å². The molecule has 1 saturated heterocycles. The van der Waals surface area contributed by atoms with E-state index in [9.17, 15) is 4.79 Å². The van der Waals surface area contributed by atoms with Gasteiger partial charge in [-0.3, -0.25) is 4.79 Å². The molecular formula is C27H40N2O. The molecule has 1 aromatic rings. The molecule has 30 heavy (non-hydrogen) atoms. The number of Topliss-reactive ketones (excluding diaryl/α,β-unsaturated/α-hetero) is 1. The van der Waals surface area contributed by atoms with Crippen LogP contribution in [0, 0.1) is 5.92 Å². The highest BCUT2D eigenvalue weighted by Crippen LogP contribution is 2.29. The van der Waals surface area contributed by atoms with Gasteiger partial charge in [-0.1, -0.05) is 49.6 Å². The number of hydrogen-bond acceptors (Lipinski definition) is 3. The van der Waals surface area contributed by atoms with Crippen LogP contribution in [0.1, 0.15) is 88.7 Å². The molecule has 1 heterocycles. The van der Waals surface area contributed by atoms with E-state index in [0.29, 0.717) is 18.1 Å². The molecule has 0 aromatic heterocycles. The molecule has 0 atom stereocenters. The molecule has 1 aliphatic heterocycles. The van der Waals surface area contributed by atoms with Crippen LogP contribution in [0.15, 0.2) is 36.0 Å². The molecule has 2 N–H and O–H groups in total. The zero-order valence-corrected chi connectivity index (χ0v) is 18.9. The van der Waals surface area contributed by atoms with Crippen LogP contribution in [0.5, 0.6) is 0 Å². The number of allylic oxidation sites excluding steroid dienone is 3. The van der Waals surface area contributed by atoms with Gasteiger partial charge in [0.25, 0.3) is 0 Å². The van der Waals surface area contributed by atoms with Crippen molar-refractivity contribution in [2.75, 3.05) is 19.6 Å². The minimum Gasteiger partial charge on any atom is -0.402 e. The summed E-state index contributed by atoms with van der Waals surface area (Å²) in [4.78, 5) is 15.2. The Balaban J connectivity index is 1.58. The van der Waals surface area contributed by atoms with E-state index in [1.54, 1.807) is 0 Å². The van der Waals surface area contributed by atoms with Gasteiger partial charge in [-0.2, -0.15) is 0 Å². The first-order valence-electron chi connectivity index (χ1n) is 12.1. The van der Waals surface area contributed by atoms with Crippen molar-refractivity contribution in [2.24, 2.45) is 11.7 Å². The van der Waals surface area contributed by atoms with Crippen molar-refractivity contribution in [3.05, 3.63) is 47.2 Å². The third kappa shape index (κ3) is 6.84. The van der Waals surface area contributed by atoms with Gasteiger partial charge >= 0.3 is 0 Å². The molecular weight excluding hydrogens is 368 g/mol. The topological polar surface area (TPSA) is 46.3 Å². The Morgan fingerprint density at radius 3 is 2.50 bits per heavy atom. The lowest BCUT2D eigenvalue weighted by Crippen LogP contribution is -2.20. The van der Waals surface area contributed by atoms with Gasteiger partial charge in [0.1, 0.15) is 5.78 Å². The number of carbonyl (C=O) groups excluding carboxylic acids is 1. The van der Waals surface area contributed by atoms with Crippen LogP contribution >= 0.6 is 0 Å². The number of carbonyl (C=O) groups is 1. The Morgan fingerprint density at radius 2 is 1.77 bits per heavy atom. The number of ketones is 1. The van der Waals surface area contributed by atoms with Gasteiger partial charge < -0.3 is 10.6 Å². The maximum Gasteiger partial charge on any atom is 0.136 e. The summed E-state index contributed by atoms with van der Waals surface area (Å²) in [5.74, 6) is 0.766. The standard InChI is InChI=1S/C27H40N2O/c1-2-22(16-17-27(30)23-11-4-3-5-12-23)26-15-7-6-13-24(26)21-25(28)14-10-20-29-18-8-9-19-29/h2,6-7,13,15,21,23H,3-5,8-12,14,16-20,28H2,1H3/b22-2-,25-21-. The maximum absolute atomic E-state index is 12.7. The summed E-state index contributed by atoms with van der Waals surface area (Å²) in [6, 6.07) is 8.48. The van der Waals surface area contributed by atoms with Gasteiger partial charge in [-0.15, -0.1) is 0 Å². The zero-order valence-electron chi connectivity index (χ0n) is 18.9. The van der Waals surface area contributed by atoms with Gasteiger partial charge in [-0.25, -0.2) is 0 Å². The van der Waals surface area contributed by atoms with E-state index in [-0.39, 0.29) is 0 Å². The molecule has 2 fully saturated rings. The summed E-state index contributed by atoms with van der Waals surface area (Å²) < 4.78 is 0. The zero-order chi connectivity index (χ0) is 21.2. The number of nitrogens with zero attached hydrogens (tertiary/aromatic N) is 1. The van der Waals surface area contributed by atoms with Gasteiger partial charge in [0.2, 0.25) is 0 Å². The second-order valence-electron chi connectivity index (χ2n) is 9.07. The van der Waals surface area contributed by atoms with Crippen molar-refractivity contribution < 1.29 is 4.79 Å². The minimum atomic E-state index is 0.304. The third-order valence-electron chi connectivity index (χ3n) is 6.84. The Hall–Kier alpha value is -1.87. The number of nitrogens with two attached hydrogens (primary N) is 1. The largest absolute Gasteiger partial charge is 0.402 e. The lowest BCUT2D eigenvalue weighted by atomic mass is 9.84. The molecule has 164 valence electrons. The average Bonchev–Trinajstić information content (AvgIpc) is 3.29. The quantitative estimate of drug-likeness (QED) is 0.502. The molecule has 3 rings (SSSR count). The summed E-state index contributed by atoms with van der Waals surface area (Å²) in [6.07, 6.45) is 16.5. The highest BCUT2D eigenvalue weighted by molar-refractivity contribution is 5.84. The number of hydrogen-bond donors (Lipinski definition) is 1. The highest BCUT2D eigenvalue weighted by atomic mass is 16.1. The number of rotatable bonds is 10. The first-order chi connectivity index (χ1) is 14.7.